The summed E-state index contributed by atoms with van der Waals surface area (Å²) >= 11 is 0. The van der Waals surface area contributed by atoms with Crippen molar-refractivity contribution in [1.82, 2.24) is 5.32 Å². The smallest absolute Gasteiger partial charge is 0.0594 e. The third-order valence-electron chi connectivity index (χ3n) is 3.85. The zero-order valence-corrected chi connectivity index (χ0v) is 11.9. The number of aryl methyl sites for hydroxylation is 1. The molecule has 0 heterocycles. The molecule has 0 spiro atoms. The molecule has 1 saturated carbocycles. The van der Waals surface area contributed by atoms with Gasteiger partial charge < -0.3 is 10.1 Å². The fraction of sp³-hybridized carbons (Fsp3) is 0.647. The van der Waals surface area contributed by atoms with Gasteiger partial charge in [-0.3, -0.25) is 0 Å². The molecular weight excluding hydrogens is 234 g/mol. The molecule has 2 nitrogen and oxygen atoms in total. The molecule has 2 heteroatoms. The van der Waals surface area contributed by atoms with Gasteiger partial charge in [0.15, 0.2) is 0 Å². The Morgan fingerprint density at radius 1 is 1.00 bits per heavy atom. The first-order valence-corrected chi connectivity index (χ1v) is 7.81. The van der Waals surface area contributed by atoms with Gasteiger partial charge in [-0.2, -0.15) is 0 Å². The summed E-state index contributed by atoms with van der Waals surface area (Å²) < 4.78 is 5.89. The van der Waals surface area contributed by atoms with E-state index in [0.717, 1.165) is 26.1 Å². The predicted octanol–water partition coefficient (Wildman–Crippen LogP) is 3.56. The Balaban J connectivity index is 1.42. The number of nitrogens with one attached hydrogen (secondary N) is 1. The quantitative estimate of drug-likeness (QED) is 0.722. The van der Waals surface area contributed by atoms with E-state index in [9.17, 15) is 0 Å². The van der Waals surface area contributed by atoms with Crippen LogP contribution in [0.3, 0.4) is 0 Å². The molecule has 19 heavy (non-hydrogen) atoms. The first-order valence-electron chi connectivity index (χ1n) is 7.81. The van der Waals surface area contributed by atoms with Gasteiger partial charge in [0, 0.05) is 6.54 Å². The maximum absolute atomic E-state index is 5.89. The number of rotatable bonds is 8. The van der Waals surface area contributed by atoms with Gasteiger partial charge in [-0.1, -0.05) is 49.6 Å². The Morgan fingerprint density at radius 2 is 1.79 bits per heavy atom. The zero-order valence-electron chi connectivity index (χ0n) is 11.9. The lowest BCUT2D eigenvalue weighted by Crippen LogP contribution is -2.25. The molecule has 1 N–H and O–H groups in total. The summed E-state index contributed by atoms with van der Waals surface area (Å²) in [5.74, 6) is 0. The summed E-state index contributed by atoms with van der Waals surface area (Å²) in [6, 6.07) is 10.7. The van der Waals surface area contributed by atoms with Gasteiger partial charge in [0.05, 0.1) is 12.7 Å². The van der Waals surface area contributed by atoms with Crippen molar-refractivity contribution in [3.05, 3.63) is 35.9 Å². The molecule has 1 aromatic carbocycles. The van der Waals surface area contributed by atoms with E-state index in [-0.39, 0.29) is 0 Å². The standard InChI is InChI=1S/C17H27NO/c1-3-8-16(9-4-1)10-7-13-18-14-15-19-17-11-5-2-6-12-17/h1,3-4,8-9,17-18H,2,5-7,10-15H2. The van der Waals surface area contributed by atoms with E-state index in [0.29, 0.717) is 6.10 Å². The Kier molecular flexibility index (Phi) is 6.97. The molecule has 0 aromatic heterocycles. The predicted molar refractivity (Wildman–Crippen MR) is 80.5 cm³/mol. The van der Waals surface area contributed by atoms with Crippen molar-refractivity contribution < 1.29 is 4.74 Å². The summed E-state index contributed by atoms with van der Waals surface area (Å²) in [4.78, 5) is 0. The molecule has 0 aliphatic heterocycles. The molecule has 106 valence electrons. The van der Waals surface area contributed by atoms with Crippen LogP contribution < -0.4 is 5.32 Å². The van der Waals surface area contributed by atoms with Crippen LogP contribution in [0.5, 0.6) is 0 Å². The van der Waals surface area contributed by atoms with Crippen molar-refractivity contribution in [2.75, 3.05) is 19.7 Å². The molecule has 0 bridgehead atoms. The number of ether oxygens (including phenoxy) is 1. The average molecular weight is 261 g/mol. The second-order valence-corrected chi connectivity index (χ2v) is 5.47. The summed E-state index contributed by atoms with van der Waals surface area (Å²) in [5, 5.41) is 3.47. The molecular formula is C17H27NO. The second-order valence-electron chi connectivity index (χ2n) is 5.47. The highest BCUT2D eigenvalue weighted by molar-refractivity contribution is 5.14. The van der Waals surface area contributed by atoms with Crippen molar-refractivity contribution in [2.24, 2.45) is 0 Å². The topological polar surface area (TPSA) is 21.3 Å². The van der Waals surface area contributed by atoms with E-state index in [1.54, 1.807) is 0 Å². The maximum Gasteiger partial charge on any atom is 0.0594 e. The first-order chi connectivity index (χ1) is 9.45. The van der Waals surface area contributed by atoms with Crippen LogP contribution in [-0.4, -0.2) is 25.8 Å². The third-order valence-corrected chi connectivity index (χ3v) is 3.85. The largest absolute Gasteiger partial charge is 0.377 e. The normalized spacial score (nSPS) is 16.6. The molecule has 0 amide bonds. The number of hydrogen-bond donors (Lipinski definition) is 1. The van der Waals surface area contributed by atoms with E-state index in [2.05, 4.69) is 35.6 Å². The highest BCUT2D eigenvalue weighted by Gasteiger charge is 2.12. The highest BCUT2D eigenvalue weighted by atomic mass is 16.5. The van der Waals surface area contributed by atoms with Crippen molar-refractivity contribution in [1.29, 1.82) is 0 Å². The second kappa shape index (κ2) is 9.11. The summed E-state index contributed by atoms with van der Waals surface area (Å²) in [6.07, 6.45) is 9.56. The first kappa shape index (κ1) is 14.5. The fourth-order valence-electron chi connectivity index (χ4n) is 2.72. The Morgan fingerprint density at radius 3 is 2.58 bits per heavy atom. The lowest BCUT2D eigenvalue weighted by molar-refractivity contribution is 0.0304. The van der Waals surface area contributed by atoms with Gasteiger partial charge >= 0.3 is 0 Å². The van der Waals surface area contributed by atoms with Crippen LogP contribution in [0.4, 0.5) is 0 Å². The summed E-state index contributed by atoms with van der Waals surface area (Å²) in [6.45, 7) is 2.95. The Hall–Kier alpha value is -0.860. The van der Waals surface area contributed by atoms with Crippen LogP contribution in [0, 0.1) is 0 Å². The molecule has 2 rings (SSSR count). The van der Waals surface area contributed by atoms with Crippen LogP contribution in [0.15, 0.2) is 30.3 Å². The highest BCUT2D eigenvalue weighted by Crippen LogP contribution is 2.19. The molecule has 0 unspecified atom stereocenters. The van der Waals surface area contributed by atoms with E-state index >= 15 is 0 Å². The van der Waals surface area contributed by atoms with Crippen LogP contribution in [0.25, 0.3) is 0 Å². The molecule has 1 fully saturated rings. The van der Waals surface area contributed by atoms with E-state index in [1.807, 2.05) is 0 Å². The van der Waals surface area contributed by atoms with Crippen molar-refractivity contribution in [2.45, 2.75) is 51.0 Å². The van der Waals surface area contributed by atoms with E-state index in [1.165, 1.54) is 44.1 Å². The minimum Gasteiger partial charge on any atom is -0.377 e. The van der Waals surface area contributed by atoms with Crippen molar-refractivity contribution >= 4 is 0 Å². The minimum absolute atomic E-state index is 0.542. The summed E-state index contributed by atoms with van der Waals surface area (Å²) in [5.41, 5.74) is 1.43. The van der Waals surface area contributed by atoms with E-state index < -0.39 is 0 Å². The van der Waals surface area contributed by atoms with Crippen LogP contribution in [-0.2, 0) is 11.2 Å². The fourth-order valence-corrected chi connectivity index (χ4v) is 2.72. The minimum atomic E-state index is 0.542. The van der Waals surface area contributed by atoms with Crippen LogP contribution >= 0.6 is 0 Å². The number of benzene rings is 1. The zero-order chi connectivity index (χ0) is 13.2. The van der Waals surface area contributed by atoms with Gasteiger partial charge in [-0.25, -0.2) is 0 Å². The molecule has 1 aliphatic carbocycles. The lowest BCUT2D eigenvalue weighted by atomic mass is 9.98. The van der Waals surface area contributed by atoms with E-state index in [4.69, 9.17) is 4.74 Å². The molecule has 1 aromatic rings. The van der Waals surface area contributed by atoms with Crippen LogP contribution in [0.2, 0.25) is 0 Å². The van der Waals surface area contributed by atoms with Gasteiger partial charge in [0.25, 0.3) is 0 Å². The van der Waals surface area contributed by atoms with Gasteiger partial charge in [-0.15, -0.1) is 0 Å². The Bertz CT molecular complexity index is 319. The van der Waals surface area contributed by atoms with Gasteiger partial charge in [-0.05, 0) is 37.8 Å². The van der Waals surface area contributed by atoms with Crippen LogP contribution in [0.1, 0.15) is 44.1 Å². The third kappa shape index (κ3) is 6.22. The van der Waals surface area contributed by atoms with Gasteiger partial charge in [0.2, 0.25) is 0 Å². The monoisotopic (exact) mass is 261 g/mol. The maximum atomic E-state index is 5.89. The molecule has 0 atom stereocenters. The number of hydrogen-bond acceptors (Lipinski definition) is 2. The molecule has 0 radical (unpaired) electrons. The average Bonchev–Trinajstić information content (AvgIpc) is 2.48. The lowest BCUT2D eigenvalue weighted by Gasteiger charge is -2.22. The Labute approximate surface area is 117 Å². The SMILES string of the molecule is c1ccc(CCCNCCOC2CCCCC2)cc1. The summed E-state index contributed by atoms with van der Waals surface area (Å²) in [7, 11) is 0. The van der Waals surface area contributed by atoms with Crippen molar-refractivity contribution in [3.63, 3.8) is 0 Å². The van der Waals surface area contributed by atoms with Gasteiger partial charge in [0.1, 0.15) is 0 Å². The molecule has 1 aliphatic rings. The molecule has 0 saturated heterocycles. The van der Waals surface area contributed by atoms with Crippen molar-refractivity contribution in [3.8, 4) is 0 Å².